The number of aliphatic hydroxyl groups is 1. The minimum absolute atomic E-state index is 0.533. The van der Waals surface area contributed by atoms with Gasteiger partial charge < -0.3 is 10.4 Å². The second-order valence-electron chi connectivity index (χ2n) is 3.88. The molecule has 0 rings (SSSR count). The fourth-order valence-corrected chi connectivity index (χ4v) is 0.755. The van der Waals surface area contributed by atoms with E-state index in [1.54, 1.807) is 0 Å². The van der Waals surface area contributed by atoms with Gasteiger partial charge in [0.15, 0.2) is 0 Å². The summed E-state index contributed by atoms with van der Waals surface area (Å²) in [6.07, 6.45) is 0.804. The normalized spacial score (nSPS) is 16.9. The topological polar surface area (TPSA) is 32.3 Å². The summed E-state index contributed by atoms with van der Waals surface area (Å²) < 4.78 is 0. The predicted octanol–water partition coefficient (Wildman–Crippen LogP) is 1.39. The van der Waals surface area contributed by atoms with Gasteiger partial charge in [0.2, 0.25) is 0 Å². The van der Waals surface area contributed by atoms with Gasteiger partial charge in [-0.2, -0.15) is 0 Å². The van der Waals surface area contributed by atoms with Crippen molar-refractivity contribution in [2.24, 2.45) is 5.92 Å². The molecule has 0 fully saturated rings. The Bertz CT molecular complexity index is 99.7. The van der Waals surface area contributed by atoms with E-state index in [0.29, 0.717) is 12.5 Å². The Morgan fingerprint density at radius 1 is 1.45 bits per heavy atom. The molecular weight excluding hydrogens is 138 g/mol. The molecule has 0 radical (unpaired) electrons. The van der Waals surface area contributed by atoms with Crippen molar-refractivity contribution in [2.45, 2.75) is 39.7 Å². The van der Waals surface area contributed by atoms with E-state index in [1.807, 2.05) is 13.8 Å². The Hall–Kier alpha value is -0.0800. The smallest absolute Gasteiger partial charge is 0.0740 e. The zero-order valence-corrected chi connectivity index (χ0v) is 8.15. The van der Waals surface area contributed by atoms with Crippen LogP contribution in [0.25, 0.3) is 0 Å². The highest BCUT2D eigenvalue weighted by Crippen LogP contribution is 2.05. The Labute approximate surface area is 70.0 Å². The third kappa shape index (κ3) is 6.32. The van der Waals surface area contributed by atoms with Crippen LogP contribution in [0.4, 0.5) is 0 Å². The van der Waals surface area contributed by atoms with Gasteiger partial charge in [0.05, 0.1) is 5.60 Å². The van der Waals surface area contributed by atoms with E-state index in [4.69, 9.17) is 0 Å². The highest BCUT2D eigenvalue weighted by Gasteiger charge is 2.16. The molecule has 0 heterocycles. The van der Waals surface area contributed by atoms with E-state index < -0.39 is 5.60 Å². The van der Waals surface area contributed by atoms with E-state index >= 15 is 0 Å². The standard InChI is InChI=1S/C9H21NO/c1-5-9(4,11)7-10-6-8(2)3/h8,10-11H,5-7H2,1-4H3. The van der Waals surface area contributed by atoms with Crippen molar-refractivity contribution in [3.8, 4) is 0 Å². The van der Waals surface area contributed by atoms with Gasteiger partial charge in [-0.05, 0) is 25.8 Å². The average Bonchev–Trinajstić information content (AvgIpc) is 1.87. The maximum absolute atomic E-state index is 9.57. The van der Waals surface area contributed by atoms with Crippen molar-refractivity contribution < 1.29 is 5.11 Å². The monoisotopic (exact) mass is 159 g/mol. The van der Waals surface area contributed by atoms with Gasteiger partial charge in [-0.3, -0.25) is 0 Å². The second kappa shape index (κ2) is 4.73. The third-order valence-corrected chi connectivity index (χ3v) is 1.82. The van der Waals surface area contributed by atoms with Crippen LogP contribution >= 0.6 is 0 Å². The summed E-state index contributed by atoms with van der Waals surface area (Å²) in [5.74, 6) is 0.655. The lowest BCUT2D eigenvalue weighted by molar-refractivity contribution is 0.0553. The molecule has 11 heavy (non-hydrogen) atoms. The van der Waals surface area contributed by atoms with Crippen LogP contribution in [0.5, 0.6) is 0 Å². The van der Waals surface area contributed by atoms with Crippen LogP contribution < -0.4 is 5.32 Å². The molecule has 1 atom stereocenters. The van der Waals surface area contributed by atoms with Crippen molar-refractivity contribution in [3.05, 3.63) is 0 Å². The molecule has 0 saturated carbocycles. The molecule has 0 amide bonds. The van der Waals surface area contributed by atoms with E-state index in [9.17, 15) is 5.11 Å². The first-order valence-electron chi connectivity index (χ1n) is 4.41. The van der Waals surface area contributed by atoms with Crippen LogP contribution in [-0.2, 0) is 0 Å². The van der Waals surface area contributed by atoms with E-state index in [2.05, 4.69) is 19.2 Å². The molecule has 2 N–H and O–H groups in total. The highest BCUT2D eigenvalue weighted by molar-refractivity contribution is 4.73. The van der Waals surface area contributed by atoms with Crippen molar-refractivity contribution in [1.82, 2.24) is 5.32 Å². The predicted molar refractivity (Wildman–Crippen MR) is 48.6 cm³/mol. The van der Waals surface area contributed by atoms with Gasteiger partial charge in [0.25, 0.3) is 0 Å². The summed E-state index contributed by atoms with van der Waals surface area (Å²) >= 11 is 0. The first-order chi connectivity index (χ1) is 4.98. The minimum Gasteiger partial charge on any atom is -0.389 e. The molecule has 0 aromatic carbocycles. The first kappa shape index (κ1) is 10.9. The molecule has 0 aliphatic heterocycles. The summed E-state index contributed by atoms with van der Waals surface area (Å²) in [6, 6.07) is 0. The van der Waals surface area contributed by atoms with Crippen LogP contribution in [0.2, 0.25) is 0 Å². The Kier molecular flexibility index (Phi) is 4.69. The molecule has 1 unspecified atom stereocenters. The van der Waals surface area contributed by atoms with Gasteiger partial charge >= 0.3 is 0 Å². The van der Waals surface area contributed by atoms with Gasteiger partial charge in [-0.15, -0.1) is 0 Å². The Balaban J connectivity index is 3.38. The average molecular weight is 159 g/mol. The lowest BCUT2D eigenvalue weighted by Gasteiger charge is -2.22. The maximum atomic E-state index is 9.57. The molecule has 0 aromatic heterocycles. The number of hydrogen-bond acceptors (Lipinski definition) is 2. The molecule has 0 spiro atoms. The van der Waals surface area contributed by atoms with Gasteiger partial charge in [0, 0.05) is 6.54 Å². The van der Waals surface area contributed by atoms with Gasteiger partial charge in [-0.25, -0.2) is 0 Å². The first-order valence-corrected chi connectivity index (χ1v) is 4.41. The second-order valence-corrected chi connectivity index (χ2v) is 3.88. The van der Waals surface area contributed by atoms with Crippen molar-refractivity contribution >= 4 is 0 Å². The fraction of sp³-hybridized carbons (Fsp3) is 1.00. The molecule has 0 aliphatic carbocycles. The summed E-state index contributed by atoms with van der Waals surface area (Å²) in [5.41, 5.74) is -0.533. The van der Waals surface area contributed by atoms with Crippen molar-refractivity contribution in [3.63, 3.8) is 0 Å². The van der Waals surface area contributed by atoms with Crippen LogP contribution in [0.15, 0.2) is 0 Å². The fourth-order valence-electron chi connectivity index (χ4n) is 0.755. The van der Waals surface area contributed by atoms with Crippen molar-refractivity contribution in [2.75, 3.05) is 13.1 Å². The quantitative estimate of drug-likeness (QED) is 0.635. The lowest BCUT2D eigenvalue weighted by atomic mass is 10.0. The van der Waals surface area contributed by atoms with Gasteiger partial charge in [0.1, 0.15) is 0 Å². The van der Waals surface area contributed by atoms with E-state index in [1.165, 1.54) is 0 Å². The number of nitrogens with one attached hydrogen (secondary N) is 1. The van der Waals surface area contributed by atoms with Crippen LogP contribution in [0.1, 0.15) is 34.1 Å². The van der Waals surface area contributed by atoms with Crippen LogP contribution in [-0.4, -0.2) is 23.8 Å². The number of rotatable bonds is 5. The van der Waals surface area contributed by atoms with E-state index in [0.717, 1.165) is 13.0 Å². The van der Waals surface area contributed by atoms with Crippen LogP contribution in [0.3, 0.4) is 0 Å². The molecular formula is C9H21NO. The molecule has 0 saturated heterocycles. The highest BCUT2D eigenvalue weighted by atomic mass is 16.3. The summed E-state index contributed by atoms with van der Waals surface area (Å²) in [4.78, 5) is 0. The van der Waals surface area contributed by atoms with Crippen LogP contribution in [0, 0.1) is 5.92 Å². The van der Waals surface area contributed by atoms with Gasteiger partial charge in [-0.1, -0.05) is 20.8 Å². The molecule has 0 aliphatic rings. The maximum Gasteiger partial charge on any atom is 0.0740 e. The SMILES string of the molecule is CCC(C)(O)CNCC(C)C. The summed E-state index contributed by atoms with van der Waals surface area (Å²) in [7, 11) is 0. The summed E-state index contributed by atoms with van der Waals surface area (Å²) in [6.45, 7) is 9.86. The third-order valence-electron chi connectivity index (χ3n) is 1.82. The molecule has 2 nitrogen and oxygen atoms in total. The zero-order valence-electron chi connectivity index (χ0n) is 8.15. The van der Waals surface area contributed by atoms with E-state index in [-0.39, 0.29) is 0 Å². The van der Waals surface area contributed by atoms with Crippen molar-refractivity contribution in [1.29, 1.82) is 0 Å². The summed E-state index contributed by atoms with van der Waals surface area (Å²) in [5, 5.41) is 12.8. The molecule has 0 aromatic rings. The Morgan fingerprint density at radius 3 is 2.36 bits per heavy atom. The zero-order chi connectivity index (χ0) is 8.91. The lowest BCUT2D eigenvalue weighted by Crippen LogP contribution is -2.38. The number of hydrogen-bond donors (Lipinski definition) is 2. The molecule has 68 valence electrons. The largest absolute Gasteiger partial charge is 0.389 e. The minimum atomic E-state index is -0.533. The molecule has 2 heteroatoms. The Morgan fingerprint density at radius 2 is 2.00 bits per heavy atom. The molecule has 0 bridgehead atoms.